The zero-order valence-corrected chi connectivity index (χ0v) is 41.2. The molecule has 3 aromatic rings. The molecule has 1 N–H and O–H groups in total. The van der Waals surface area contributed by atoms with Crippen molar-refractivity contribution in [2.45, 2.75) is 85.3 Å². The summed E-state index contributed by atoms with van der Waals surface area (Å²) in [6.45, 7) is 11.4. The van der Waals surface area contributed by atoms with Crippen molar-refractivity contribution >= 4 is 55.1 Å². The number of aromatic carboxylic acids is 1. The van der Waals surface area contributed by atoms with Gasteiger partial charge in [0.2, 0.25) is 5.69 Å². The lowest BCUT2D eigenvalue weighted by Gasteiger charge is -2.29. The summed E-state index contributed by atoms with van der Waals surface area (Å²) in [4.78, 5) is 15.4. The topological polar surface area (TPSA) is 158 Å². The minimum Gasteiger partial charge on any atom is -0.744 e. The number of carbonyl (C=O) groups is 1. The number of hydrogen-bond acceptors (Lipinski definition) is 9. The van der Waals surface area contributed by atoms with Crippen LogP contribution in [-0.2, 0) is 31.1 Å². The lowest BCUT2D eigenvalue weighted by Crippen LogP contribution is -2.37. The molecule has 15 heteroatoms. The fourth-order valence-electron chi connectivity index (χ4n) is 9.00. The molecule has 0 atom stereocenters. The zero-order valence-electron chi connectivity index (χ0n) is 38.8. The van der Waals surface area contributed by atoms with Crippen LogP contribution in [0.2, 0.25) is 0 Å². The second kappa shape index (κ2) is 18.1. The summed E-state index contributed by atoms with van der Waals surface area (Å²) in [5.74, 6) is -1.00. The summed E-state index contributed by atoms with van der Waals surface area (Å²) in [6.07, 6.45) is 12.8. The van der Waals surface area contributed by atoms with Crippen LogP contribution in [-0.4, -0.2) is 125 Å². The summed E-state index contributed by atoms with van der Waals surface area (Å²) in [7, 11) is 3.55. The number of allylic oxidation sites excluding steroid dienone is 7. The van der Waals surface area contributed by atoms with Gasteiger partial charge in [-0.1, -0.05) is 37.8 Å². The van der Waals surface area contributed by atoms with E-state index in [0.717, 1.165) is 109 Å². The van der Waals surface area contributed by atoms with Gasteiger partial charge in [-0.05, 0) is 110 Å². The van der Waals surface area contributed by atoms with Crippen molar-refractivity contribution in [3.8, 4) is 0 Å². The van der Waals surface area contributed by atoms with Crippen LogP contribution in [0.15, 0.2) is 121 Å². The van der Waals surface area contributed by atoms with Crippen LogP contribution in [0.3, 0.4) is 0 Å². The molecule has 3 aromatic carbocycles. The number of carboxylic acids is 1. The molecule has 0 aromatic heterocycles. The quantitative estimate of drug-likeness (QED) is 0.0845. The van der Waals surface area contributed by atoms with Gasteiger partial charge in [0, 0.05) is 57.3 Å². The van der Waals surface area contributed by atoms with Crippen LogP contribution in [0.1, 0.15) is 81.3 Å². The van der Waals surface area contributed by atoms with Crippen LogP contribution in [0.25, 0.3) is 0 Å². The Bertz CT molecular complexity index is 2720. The van der Waals surface area contributed by atoms with Crippen LogP contribution in [0.5, 0.6) is 0 Å². The number of carboxylic acid groups (broad SMARTS) is 1. The number of hydrogen-bond donors (Lipinski definition) is 1. The molecule has 0 saturated heterocycles. The first-order chi connectivity index (χ1) is 29.6. The molecule has 0 radical (unpaired) electrons. The van der Waals surface area contributed by atoms with Gasteiger partial charge in [0.15, 0.2) is 12.3 Å². The minimum atomic E-state index is -4.68. The molecule has 0 bridgehead atoms. The molecular formula is C49H63N4O8S3+. The van der Waals surface area contributed by atoms with Gasteiger partial charge in [-0.15, -0.1) is 0 Å². The Morgan fingerprint density at radius 1 is 0.781 bits per heavy atom. The first-order valence-corrected chi connectivity index (χ1v) is 25.3. The largest absolute Gasteiger partial charge is 0.744 e. The SMILES string of the molecule is CC1(C)C(/C=C/C2=C(Sc3ccc(C(=O)O)cc3)C(=C/C=C3/N(CCC[N+](C)(C)C)c4ccc(S(=O)(=O)[O-])cc4C3(C)C)/CCC2)=[N+](CCC[N+](C)(C)C)c2ccc(S(=O)(=O)[O-])cc21. The molecule has 64 heavy (non-hydrogen) atoms. The number of rotatable bonds is 16. The Labute approximate surface area is 384 Å². The molecule has 0 unspecified atom stereocenters. The number of thioether (sulfide) groups is 1. The normalized spacial score (nSPS) is 19.0. The molecular weight excluding hydrogens is 869 g/mol. The predicted octanol–water partition coefficient (Wildman–Crippen LogP) is 8.16. The van der Waals surface area contributed by atoms with Gasteiger partial charge < -0.3 is 28.1 Å². The molecule has 0 spiro atoms. The summed E-state index contributed by atoms with van der Waals surface area (Å²) in [6, 6.07) is 16.2. The van der Waals surface area contributed by atoms with E-state index >= 15 is 0 Å². The summed E-state index contributed by atoms with van der Waals surface area (Å²) in [5, 5.41) is 9.64. The lowest BCUT2D eigenvalue weighted by molar-refractivity contribution is -0.871. The van der Waals surface area contributed by atoms with Crippen molar-refractivity contribution in [3.05, 3.63) is 123 Å². The highest BCUT2D eigenvalue weighted by Gasteiger charge is 2.45. The molecule has 2 heterocycles. The van der Waals surface area contributed by atoms with Gasteiger partial charge in [-0.2, -0.15) is 4.58 Å². The molecule has 344 valence electrons. The Morgan fingerprint density at radius 2 is 1.38 bits per heavy atom. The zero-order chi connectivity index (χ0) is 47.2. The molecule has 0 amide bonds. The highest BCUT2D eigenvalue weighted by Crippen LogP contribution is 2.50. The van der Waals surface area contributed by atoms with E-state index in [4.69, 9.17) is 0 Å². The molecule has 0 saturated carbocycles. The summed E-state index contributed by atoms with van der Waals surface area (Å²) < 4.78 is 77.0. The van der Waals surface area contributed by atoms with Crippen molar-refractivity contribution < 1.29 is 49.4 Å². The molecule has 0 fully saturated rings. The fraction of sp³-hybridized carbons (Fsp3) is 0.429. The van der Waals surface area contributed by atoms with Crippen LogP contribution in [0, 0.1) is 0 Å². The lowest BCUT2D eigenvalue weighted by atomic mass is 9.81. The number of anilines is 1. The van der Waals surface area contributed by atoms with Gasteiger partial charge in [-0.3, -0.25) is 0 Å². The van der Waals surface area contributed by atoms with Gasteiger partial charge in [0.05, 0.1) is 82.6 Å². The summed E-state index contributed by atoms with van der Waals surface area (Å²) >= 11 is 1.58. The van der Waals surface area contributed by atoms with Crippen LogP contribution >= 0.6 is 11.8 Å². The van der Waals surface area contributed by atoms with Crippen molar-refractivity contribution in [2.75, 3.05) is 73.4 Å². The van der Waals surface area contributed by atoms with E-state index in [0.29, 0.717) is 13.1 Å². The maximum atomic E-state index is 12.2. The highest BCUT2D eigenvalue weighted by atomic mass is 32.2. The maximum Gasteiger partial charge on any atom is 0.335 e. The van der Waals surface area contributed by atoms with Crippen molar-refractivity contribution in [1.29, 1.82) is 0 Å². The fourth-order valence-corrected chi connectivity index (χ4v) is 11.1. The average molecular weight is 932 g/mol. The van der Waals surface area contributed by atoms with E-state index in [1.165, 1.54) is 24.3 Å². The predicted molar refractivity (Wildman–Crippen MR) is 252 cm³/mol. The van der Waals surface area contributed by atoms with E-state index in [1.807, 2.05) is 12.1 Å². The van der Waals surface area contributed by atoms with Gasteiger partial charge in [0.1, 0.15) is 20.2 Å². The van der Waals surface area contributed by atoms with E-state index < -0.39 is 37.0 Å². The average Bonchev–Trinajstić information content (AvgIpc) is 3.52. The van der Waals surface area contributed by atoms with Gasteiger partial charge >= 0.3 is 5.97 Å². The van der Waals surface area contributed by atoms with Crippen molar-refractivity contribution in [1.82, 2.24) is 0 Å². The molecule has 1 aliphatic carbocycles. The molecule has 12 nitrogen and oxygen atoms in total. The standard InChI is InChI=1S/C49H62N4O8S3/c1-48(2)40-32-38(63(56,57)58)22-24-42(40)50(28-12-30-52(5,6)7)44(48)26-18-34-14-11-15-35(46(34)62-37-20-16-36(17-21-37)47(54)55)19-27-45-49(3,4)41-33-39(64(59,60)61)23-25-43(41)51(45)29-13-31-53(8,9)10/h16-27,32-33H,11-15,28-31H2,1-10H3/p+1. The van der Waals surface area contributed by atoms with Gasteiger partial charge in [-0.25, -0.2) is 21.6 Å². The van der Waals surface area contributed by atoms with E-state index in [-0.39, 0.29) is 15.4 Å². The number of benzene rings is 3. The second-order valence-corrected chi connectivity index (χ2v) is 24.0. The molecule has 6 rings (SSSR count). The molecule has 2 aliphatic heterocycles. The van der Waals surface area contributed by atoms with Crippen LogP contribution in [0.4, 0.5) is 11.4 Å². The van der Waals surface area contributed by atoms with Gasteiger partial charge in [0.25, 0.3) is 0 Å². The number of quaternary nitrogens is 2. The third-order valence-corrected chi connectivity index (χ3v) is 15.3. The van der Waals surface area contributed by atoms with Crippen LogP contribution < -0.4 is 4.90 Å². The summed E-state index contributed by atoms with van der Waals surface area (Å²) in [5.41, 5.74) is 6.39. The smallest absolute Gasteiger partial charge is 0.335 e. The van der Waals surface area contributed by atoms with E-state index in [9.17, 15) is 35.8 Å². The van der Waals surface area contributed by atoms with Crippen molar-refractivity contribution in [2.24, 2.45) is 0 Å². The van der Waals surface area contributed by atoms with E-state index in [1.54, 1.807) is 36.0 Å². The first kappa shape index (κ1) is 49.1. The number of fused-ring (bicyclic) bond motifs is 2. The Balaban J connectivity index is 1.49. The molecule has 3 aliphatic rings. The Morgan fingerprint density at radius 3 is 1.97 bits per heavy atom. The van der Waals surface area contributed by atoms with Crippen molar-refractivity contribution in [3.63, 3.8) is 0 Å². The minimum absolute atomic E-state index is 0.196. The monoisotopic (exact) mass is 931 g/mol. The first-order valence-electron chi connectivity index (χ1n) is 21.7. The Kier molecular flexibility index (Phi) is 13.9. The van der Waals surface area contributed by atoms with E-state index in [2.05, 4.69) is 104 Å². The number of nitrogens with zero attached hydrogens (tertiary/aromatic N) is 4. The maximum absolute atomic E-state index is 12.2. The third-order valence-electron chi connectivity index (χ3n) is 12.4. The second-order valence-electron chi connectivity index (χ2n) is 20.2. The Hall–Kier alpha value is -4.35. The third kappa shape index (κ3) is 11.0. The highest BCUT2D eigenvalue weighted by molar-refractivity contribution is 8.03.